The van der Waals surface area contributed by atoms with Crippen molar-refractivity contribution in [1.29, 1.82) is 0 Å². The summed E-state index contributed by atoms with van der Waals surface area (Å²) in [6.07, 6.45) is -0.305. The number of aliphatic hydroxyl groups excluding tert-OH is 2. The Morgan fingerprint density at radius 1 is 0.652 bits per heavy atom. The van der Waals surface area contributed by atoms with E-state index in [1.165, 1.54) is 6.92 Å². The van der Waals surface area contributed by atoms with Crippen molar-refractivity contribution in [3.8, 4) is 0 Å². The summed E-state index contributed by atoms with van der Waals surface area (Å²) in [5, 5.41) is 64.6. The van der Waals surface area contributed by atoms with Gasteiger partial charge in [0.2, 0.25) is 5.91 Å². The Morgan fingerprint density at radius 3 is 1.09 bits per heavy atom. The van der Waals surface area contributed by atoms with Crippen molar-refractivity contribution in [3.05, 3.63) is 0 Å². The molecule has 0 aromatic heterocycles. The zero-order valence-corrected chi connectivity index (χ0v) is 26.6. The van der Waals surface area contributed by atoms with Crippen LogP contribution in [0, 0.1) is 5.92 Å². The number of rotatable bonds is 14. The molecule has 0 saturated heterocycles. The molecule has 0 rings (SSSR count). The fraction of sp³-hybridized carbons (Fsp3) is 0.696. The minimum atomic E-state index is -1.18. The molecule has 22 nitrogen and oxygen atoms in total. The van der Waals surface area contributed by atoms with Crippen molar-refractivity contribution in [1.82, 2.24) is 0 Å². The van der Waals surface area contributed by atoms with Gasteiger partial charge >= 0.3 is 35.8 Å². The number of hydrogen-bond acceptors (Lipinski definition) is 16. The lowest BCUT2D eigenvalue weighted by Crippen LogP contribution is -2.39. The molecule has 0 aliphatic carbocycles. The van der Waals surface area contributed by atoms with Gasteiger partial charge in [-0.25, -0.2) is 0 Å². The molecule has 0 aliphatic heterocycles. The highest BCUT2D eigenvalue weighted by Crippen LogP contribution is 2.01. The van der Waals surface area contributed by atoms with Gasteiger partial charge in [0.05, 0.1) is 19.3 Å². The number of carboxylic acid groups (broad SMARTS) is 6. The smallest absolute Gasteiger partial charge is 0.323 e. The zero-order valence-electron chi connectivity index (χ0n) is 25.7. The zero-order chi connectivity index (χ0) is 38.3. The van der Waals surface area contributed by atoms with Gasteiger partial charge in [0.25, 0.3) is 0 Å². The number of carboxylic acids is 6. The summed E-state index contributed by atoms with van der Waals surface area (Å²) in [4.78, 5) is 68.7. The second-order valence-electron chi connectivity index (χ2n) is 8.98. The minimum absolute atomic E-state index is 0.0213. The van der Waals surface area contributed by atoms with Gasteiger partial charge in [0.1, 0.15) is 30.2 Å². The molecule has 274 valence electrons. The molecule has 6 unspecified atom stereocenters. The van der Waals surface area contributed by atoms with E-state index in [4.69, 9.17) is 75.3 Å². The molecule has 0 heterocycles. The van der Waals surface area contributed by atoms with E-state index in [1.54, 1.807) is 0 Å². The summed E-state index contributed by atoms with van der Waals surface area (Å²) in [5.41, 5.74) is 34.2. The normalized spacial score (nSPS) is 13.3. The van der Waals surface area contributed by atoms with E-state index >= 15 is 0 Å². The summed E-state index contributed by atoms with van der Waals surface area (Å²) < 4.78 is 0. The maximum absolute atomic E-state index is 10.1. The van der Waals surface area contributed by atoms with E-state index in [0.29, 0.717) is 12.3 Å². The van der Waals surface area contributed by atoms with Crippen molar-refractivity contribution in [2.75, 3.05) is 18.9 Å². The van der Waals surface area contributed by atoms with Crippen LogP contribution in [0.25, 0.3) is 0 Å². The molecule has 0 aromatic rings. The molecule has 1 amide bonds. The summed E-state index contributed by atoms with van der Waals surface area (Å²) in [6, 6.07) is -4.77. The van der Waals surface area contributed by atoms with Crippen LogP contribution in [0.5, 0.6) is 0 Å². The van der Waals surface area contributed by atoms with Crippen LogP contribution in [0.2, 0.25) is 0 Å². The molecular weight excluding hydrogens is 646 g/mol. The molecule has 46 heavy (non-hydrogen) atoms. The highest BCUT2D eigenvalue weighted by Gasteiger charge is 2.16. The first-order valence-electron chi connectivity index (χ1n) is 12.8. The Kier molecular flexibility index (Phi) is 40.7. The molecule has 0 bridgehead atoms. The van der Waals surface area contributed by atoms with Gasteiger partial charge in [-0.3, -0.25) is 33.6 Å². The lowest BCUT2D eigenvalue weighted by atomic mass is 10.1. The van der Waals surface area contributed by atoms with E-state index < -0.39 is 84.6 Å². The van der Waals surface area contributed by atoms with Gasteiger partial charge < -0.3 is 81.0 Å². The maximum Gasteiger partial charge on any atom is 0.323 e. The molecule has 0 saturated carbocycles. The van der Waals surface area contributed by atoms with Crippen molar-refractivity contribution in [2.45, 2.75) is 76.3 Å². The average molecular weight is 698 g/mol. The largest absolute Gasteiger partial charge is 0.480 e. The van der Waals surface area contributed by atoms with Crippen molar-refractivity contribution < 1.29 is 74.4 Å². The quantitative estimate of drug-likeness (QED) is 0.0753. The number of aliphatic hydroxyl groups is 2. The van der Waals surface area contributed by atoms with Gasteiger partial charge in [-0.15, -0.1) is 0 Å². The minimum Gasteiger partial charge on any atom is -0.480 e. The van der Waals surface area contributed by atoms with Crippen molar-refractivity contribution in [2.24, 2.45) is 46.1 Å². The lowest BCUT2D eigenvalue weighted by molar-refractivity contribution is -0.141. The maximum atomic E-state index is 10.1. The first kappa shape index (κ1) is 54.8. The van der Waals surface area contributed by atoms with E-state index in [1.807, 2.05) is 13.8 Å². The van der Waals surface area contributed by atoms with Gasteiger partial charge in [0.15, 0.2) is 0 Å². The molecule has 0 aliphatic rings. The second kappa shape index (κ2) is 34.2. The van der Waals surface area contributed by atoms with Gasteiger partial charge in [-0.2, -0.15) is 12.6 Å². The molecule has 23 heteroatoms. The highest BCUT2D eigenvalue weighted by atomic mass is 32.1. The molecule has 0 spiro atoms. The van der Waals surface area contributed by atoms with Gasteiger partial charge in [-0.05, 0) is 25.7 Å². The Bertz CT molecular complexity index is 863. The molecule has 0 aromatic carbocycles. The van der Waals surface area contributed by atoms with Gasteiger partial charge in [0, 0.05) is 12.2 Å². The van der Waals surface area contributed by atoms with Crippen LogP contribution in [-0.4, -0.2) is 138 Å². The van der Waals surface area contributed by atoms with E-state index in [-0.39, 0.29) is 25.1 Å². The van der Waals surface area contributed by atoms with Crippen LogP contribution in [0.1, 0.15) is 40.0 Å². The summed E-state index contributed by atoms with van der Waals surface area (Å²) in [5.74, 6) is -6.34. The number of hydrogen-bond donors (Lipinski definition) is 16. The standard InChI is InChI=1S/C6H13NO2.C5H10N2O3.C4H9NO3.C3H7NO3.C3H7NO2S.C2H5NO2/c1-4(2)3-5(7)6(8)9;6-3(5(9)10)1-2-4(7)8;1-2(6)3(5)4(7)8;4-2(1-5)3(6)7;4-2(1-7)3(5)6;3-1-2(4)5/h4-5H,3,7H2,1-2H3,(H,8,9);3H,1-2,6H2,(H2,7,8)(H,9,10);2-3,6H,5H2,1H3,(H,7,8);2,5H,1,4H2,(H,6,7);2,7H,1,4H2,(H,5,6);1,3H2,(H,4,5). The van der Waals surface area contributed by atoms with E-state index in [9.17, 15) is 33.6 Å². The first-order valence-corrected chi connectivity index (χ1v) is 13.4. The number of primary amides is 1. The van der Waals surface area contributed by atoms with E-state index in [0.717, 1.165) is 0 Å². The Morgan fingerprint density at radius 2 is 1.00 bits per heavy atom. The molecule has 0 fully saturated rings. The van der Waals surface area contributed by atoms with Crippen molar-refractivity contribution in [3.63, 3.8) is 0 Å². The number of carbonyl (C=O) groups excluding carboxylic acids is 1. The number of carbonyl (C=O) groups is 7. The Balaban J connectivity index is -0.000000106. The molecule has 22 N–H and O–H groups in total. The number of nitrogens with two attached hydrogens (primary N) is 7. The number of aliphatic carboxylic acids is 6. The summed E-state index contributed by atoms with van der Waals surface area (Å²) in [7, 11) is 0. The second-order valence-corrected chi connectivity index (χ2v) is 9.35. The van der Waals surface area contributed by atoms with Crippen LogP contribution < -0.4 is 40.1 Å². The Hall–Kier alpha value is -3.68. The van der Waals surface area contributed by atoms with E-state index in [2.05, 4.69) is 18.4 Å². The fourth-order valence-electron chi connectivity index (χ4n) is 1.39. The lowest BCUT2D eigenvalue weighted by Gasteiger charge is -2.07. The van der Waals surface area contributed by atoms with Gasteiger partial charge in [-0.1, -0.05) is 13.8 Å². The van der Waals surface area contributed by atoms with Crippen LogP contribution in [0.15, 0.2) is 0 Å². The fourth-order valence-corrected chi connectivity index (χ4v) is 1.55. The topological polar surface area (TPSA) is 463 Å². The third kappa shape index (κ3) is 50.0. The SMILES string of the molecule is CC(C)CC(N)C(=O)O.CC(O)C(N)C(=O)O.NC(=O)CCC(N)C(=O)O.NC(CO)C(=O)O.NC(CS)C(=O)O.NCC(=O)O. The Labute approximate surface area is 270 Å². The summed E-state index contributed by atoms with van der Waals surface area (Å²) in [6.45, 7) is 4.44. The number of thiol groups is 1. The average Bonchev–Trinajstić information content (AvgIpc) is 2.95. The third-order valence-electron chi connectivity index (χ3n) is 4.07. The van der Waals surface area contributed by atoms with Crippen LogP contribution >= 0.6 is 12.6 Å². The van der Waals surface area contributed by atoms with Crippen molar-refractivity contribution >= 4 is 54.4 Å². The highest BCUT2D eigenvalue weighted by molar-refractivity contribution is 7.80. The number of amides is 1. The predicted octanol–water partition coefficient (Wildman–Crippen LogP) is -5.36. The predicted molar refractivity (Wildman–Crippen MR) is 165 cm³/mol. The molecule has 6 atom stereocenters. The molecule has 0 radical (unpaired) electrons. The monoisotopic (exact) mass is 697 g/mol. The third-order valence-corrected chi connectivity index (χ3v) is 4.46. The summed E-state index contributed by atoms with van der Waals surface area (Å²) >= 11 is 3.65. The van der Waals surface area contributed by atoms with Crippen LogP contribution in [-0.2, 0) is 33.6 Å². The van der Waals surface area contributed by atoms with Crippen LogP contribution in [0.4, 0.5) is 0 Å². The molecular formula is C23H51N7O15S. The van der Waals surface area contributed by atoms with Crippen LogP contribution in [0.3, 0.4) is 0 Å². The first-order chi connectivity index (χ1) is 20.8.